The van der Waals surface area contributed by atoms with E-state index in [4.69, 9.17) is 14.2 Å². The molecule has 2 aliphatic heterocycles. The Kier molecular flexibility index (Phi) is 8.59. The number of hydrazine groups is 2. The highest BCUT2D eigenvalue weighted by atomic mass is 19.2. The monoisotopic (exact) mass is 659 g/mol. The van der Waals surface area contributed by atoms with Gasteiger partial charge in [0.15, 0.2) is 35.0 Å². The van der Waals surface area contributed by atoms with E-state index in [1.165, 1.54) is 31.2 Å². The van der Waals surface area contributed by atoms with Gasteiger partial charge in [-0.1, -0.05) is 17.3 Å². The summed E-state index contributed by atoms with van der Waals surface area (Å²) in [5.74, 6) is -2.04. The molecule has 7 rings (SSSR count). The Balaban J connectivity index is 1.18. The fourth-order valence-electron chi connectivity index (χ4n) is 7.16. The van der Waals surface area contributed by atoms with Crippen LogP contribution in [-0.2, 0) is 26.2 Å². The number of hydrogen-bond donors (Lipinski definition) is 5. The summed E-state index contributed by atoms with van der Waals surface area (Å²) in [5, 5.41) is 34.7. The maximum atomic E-state index is 14.8. The van der Waals surface area contributed by atoms with Crippen LogP contribution in [0.1, 0.15) is 82.2 Å². The van der Waals surface area contributed by atoms with Gasteiger partial charge in [0.25, 0.3) is 0 Å². The number of aliphatic hydroxyl groups excluding tert-OH is 2. The summed E-state index contributed by atoms with van der Waals surface area (Å²) in [4.78, 5) is 12.5. The first kappa shape index (κ1) is 33.0. The second-order valence-corrected chi connectivity index (χ2v) is 14.0. The highest BCUT2D eigenvalue weighted by Crippen LogP contribution is 2.53. The van der Waals surface area contributed by atoms with Crippen molar-refractivity contribution >= 4 is 6.09 Å². The lowest BCUT2D eigenvalue weighted by atomic mass is 9.56. The number of aromatic nitrogens is 3. The van der Waals surface area contributed by atoms with Crippen molar-refractivity contribution in [2.45, 2.75) is 101 Å². The number of nitrogens with zero attached hydrogens (tertiary/aromatic N) is 4. The molecule has 0 spiro atoms. The van der Waals surface area contributed by atoms with E-state index in [2.05, 4.69) is 26.6 Å². The Hall–Kier alpha value is -3.95. The number of halogens is 2. The molecule has 0 radical (unpaired) electrons. The van der Waals surface area contributed by atoms with Gasteiger partial charge in [0.2, 0.25) is 0 Å². The molecule has 1 aromatic heterocycles. The summed E-state index contributed by atoms with van der Waals surface area (Å²) in [6.07, 6.45) is 5.68. The first-order valence-electron chi connectivity index (χ1n) is 15.9. The quantitative estimate of drug-likeness (QED) is 0.281. The molecule has 3 saturated carbocycles. The number of aryl methyl sites for hydroxylation is 1. The minimum Gasteiger partial charge on any atom is -0.503 e. The first-order chi connectivity index (χ1) is 22.3. The molecule has 4 fully saturated rings. The highest BCUT2D eigenvalue weighted by molar-refractivity contribution is 5.69. The SMILES string of the molecule is COC1=C(N2CC(c3ccc(C)c(F)c3F)NN2)C(O)=C(CO)O[C@@H]1Cn1cc(C23CCC(NC(=O)OC(C)(C)C)(CC2)CC3)nn1. The Bertz CT molecular complexity index is 1580. The number of ether oxygens (including phenoxy) is 3. The van der Waals surface area contributed by atoms with Crippen LogP contribution in [0.3, 0.4) is 0 Å². The van der Waals surface area contributed by atoms with Crippen LogP contribution in [0.2, 0.25) is 0 Å². The number of aliphatic hydroxyl groups is 2. The van der Waals surface area contributed by atoms with Crippen molar-refractivity contribution in [3.05, 3.63) is 69.8 Å². The predicted molar refractivity (Wildman–Crippen MR) is 164 cm³/mol. The van der Waals surface area contributed by atoms with Crippen molar-refractivity contribution < 1.29 is 38.0 Å². The zero-order chi connectivity index (χ0) is 33.7. The van der Waals surface area contributed by atoms with Gasteiger partial charge in [0.1, 0.15) is 17.9 Å². The van der Waals surface area contributed by atoms with E-state index in [0.29, 0.717) is 0 Å². The first-order valence-corrected chi connectivity index (χ1v) is 15.9. The van der Waals surface area contributed by atoms with Crippen molar-refractivity contribution in [3.63, 3.8) is 0 Å². The lowest BCUT2D eigenvalue weighted by molar-refractivity contribution is 0.0252. The third kappa shape index (κ3) is 6.23. The minimum atomic E-state index is -0.949. The van der Waals surface area contributed by atoms with E-state index in [9.17, 15) is 23.8 Å². The van der Waals surface area contributed by atoms with Crippen LogP contribution in [0.15, 0.2) is 41.3 Å². The van der Waals surface area contributed by atoms with Crippen LogP contribution in [0, 0.1) is 18.6 Å². The fraction of sp³-hybridized carbons (Fsp3) is 0.594. The highest BCUT2D eigenvalue weighted by Gasteiger charge is 2.52. The lowest BCUT2D eigenvalue weighted by Gasteiger charge is -2.52. The smallest absolute Gasteiger partial charge is 0.408 e. The van der Waals surface area contributed by atoms with Crippen molar-refractivity contribution in [2.75, 3.05) is 20.3 Å². The number of carbonyl (C=O) groups excluding carboxylic acids is 1. The molecule has 2 atom stereocenters. The molecule has 15 heteroatoms. The Labute approximate surface area is 271 Å². The second kappa shape index (κ2) is 12.3. The van der Waals surface area contributed by atoms with E-state index in [1.807, 2.05) is 27.0 Å². The van der Waals surface area contributed by atoms with Gasteiger partial charge in [0, 0.05) is 22.7 Å². The average Bonchev–Trinajstić information content (AvgIpc) is 3.71. The number of nitrogens with one attached hydrogen (secondary N) is 3. The molecule has 47 heavy (non-hydrogen) atoms. The molecule has 5 N–H and O–H groups in total. The Morgan fingerprint density at radius 1 is 1.17 bits per heavy atom. The molecule has 1 saturated heterocycles. The molecule has 2 aromatic rings. The average molecular weight is 660 g/mol. The van der Waals surface area contributed by atoms with Gasteiger partial charge in [-0.2, -0.15) is 5.53 Å². The summed E-state index contributed by atoms with van der Waals surface area (Å²) in [6.45, 7) is 6.70. The van der Waals surface area contributed by atoms with Gasteiger partial charge in [-0.05, 0) is 71.8 Å². The summed E-state index contributed by atoms with van der Waals surface area (Å²) in [7, 11) is 1.44. The van der Waals surface area contributed by atoms with Crippen LogP contribution in [0.25, 0.3) is 0 Å². The van der Waals surface area contributed by atoms with E-state index in [-0.39, 0.29) is 64.2 Å². The molecule has 1 aromatic carbocycles. The molecule has 13 nitrogen and oxygen atoms in total. The van der Waals surface area contributed by atoms with Crippen LogP contribution < -0.4 is 16.3 Å². The predicted octanol–water partition coefficient (Wildman–Crippen LogP) is 3.82. The number of fused-ring (bicyclic) bond motifs is 3. The number of amides is 1. The Morgan fingerprint density at radius 2 is 1.87 bits per heavy atom. The number of benzene rings is 1. The van der Waals surface area contributed by atoms with E-state index >= 15 is 0 Å². The van der Waals surface area contributed by atoms with Crippen molar-refractivity contribution in [1.82, 2.24) is 36.3 Å². The third-order valence-corrected chi connectivity index (χ3v) is 9.80. The van der Waals surface area contributed by atoms with Gasteiger partial charge in [-0.15, -0.1) is 5.10 Å². The maximum Gasteiger partial charge on any atom is 0.408 e. The van der Waals surface area contributed by atoms with Gasteiger partial charge in [-0.3, -0.25) is 5.01 Å². The maximum absolute atomic E-state index is 14.8. The molecule has 256 valence electrons. The number of rotatable bonds is 8. The van der Waals surface area contributed by atoms with Crippen molar-refractivity contribution in [2.24, 2.45) is 0 Å². The normalized spacial score (nSPS) is 27.7. The Morgan fingerprint density at radius 3 is 2.51 bits per heavy atom. The molecular formula is C32H43F2N7O6. The number of methoxy groups -OCH3 is 1. The second-order valence-electron chi connectivity index (χ2n) is 14.0. The zero-order valence-corrected chi connectivity index (χ0v) is 27.3. The molecule has 3 aliphatic carbocycles. The molecule has 3 heterocycles. The van der Waals surface area contributed by atoms with Gasteiger partial charge in [0.05, 0.1) is 31.9 Å². The molecule has 2 bridgehead atoms. The van der Waals surface area contributed by atoms with Gasteiger partial charge < -0.3 is 29.7 Å². The van der Waals surface area contributed by atoms with E-state index in [0.717, 1.165) is 44.2 Å². The fourth-order valence-corrected chi connectivity index (χ4v) is 7.16. The number of hydrogen-bond acceptors (Lipinski definition) is 11. The van der Waals surface area contributed by atoms with Crippen LogP contribution in [0.5, 0.6) is 0 Å². The number of carbonyl (C=O) groups is 1. The topological polar surface area (TPSA) is 155 Å². The van der Waals surface area contributed by atoms with Gasteiger partial charge in [-0.25, -0.2) is 23.7 Å². The minimum absolute atomic E-state index is 0.0732. The van der Waals surface area contributed by atoms with E-state index < -0.39 is 36.0 Å². The lowest BCUT2D eigenvalue weighted by Crippen LogP contribution is -2.58. The summed E-state index contributed by atoms with van der Waals surface area (Å²) < 4.78 is 48.0. The van der Waals surface area contributed by atoms with Crippen LogP contribution in [-0.4, -0.2) is 73.8 Å². The van der Waals surface area contributed by atoms with Gasteiger partial charge >= 0.3 is 6.09 Å². The molecule has 1 amide bonds. The largest absolute Gasteiger partial charge is 0.503 e. The zero-order valence-electron chi connectivity index (χ0n) is 27.3. The third-order valence-electron chi connectivity index (χ3n) is 9.80. The molecule has 1 unspecified atom stereocenters. The van der Waals surface area contributed by atoms with Crippen LogP contribution in [0.4, 0.5) is 13.6 Å². The van der Waals surface area contributed by atoms with Crippen molar-refractivity contribution in [3.8, 4) is 0 Å². The van der Waals surface area contributed by atoms with Crippen LogP contribution >= 0.6 is 0 Å². The molecular weight excluding hydrogens is 616 g/mol. The summed E-state index contributed by atoms with van der Waals surface area (Å²) in [5.41, 5.74) is 6.20. The summed E-state index contributed by atoms with van der Waals surface area (Å²) in [6, 6.07) is 2.36. The van der Waals surface area contributed by atoms with E-state index in [1.54, 1.807) is 4.68 Å². The van der Waals surface area contributed by atoms with Crippen molar-refractivity contribution in [1.29, 1.82) is 0 Å². The summed E-state index contributed by atoms with van der Waals surface area (Å²) >= 11 is 0. The number of alkyl carbamates (subject to hydrolysis) is 1. The standard InChI is InChI=1S/C32H43F2N7O6/c1-18-6-7-19(25(34)24(18)33)20-14-41(39-36-20)26-27(43)22(17-42)46-21(28(26)45-5)15-40-16-23(37-38-40)31-8-11-32(12-9-31,13-10-31)35-29(44)47-30(2,3)4/h6-7,16,20-21,36,39,42-43H,8-15,17H2,1-5H3,(H,35,44)/t20?,21-,31?,32?/m1/s1. The molecule has 5 aliphatic rings.